The number of halogens is 4. The standard InChI is InChI=1S/C16H30Cl2F2O/c17-11-3-1-7-15(9-5-13-19)21-16(10-6-14-20)8-2-4-12-18/h15-16H,1-14H2. The van der Waals surface area contributed by atoms with Crippen LogP contribution in [0.5, 0.6) is 0 Å². The topological polar surface area (TPSA) is 9.23 Å². The third-order valence-electron chi connectivity index (χ3n) is 3.52. The maximum Gasteiger partial charge on any atom is 0.0895 e. The molecule has 0 heterocycles. The molecule has 2 unspecified atom stereocenters. The van der Waals surface area contributed by atoms with Gasteiger partial charge < -0.3 is 4.74 Å². The highest BCUT2D eigenvalue weighted by Gasteiger charge is 2.16. The van der Waals surface area contributed by atoms with Gasteiger partial charge in [0.1, 0.15) is 0 Å². The van der Waals surface area contributed by atoms with Gasteiger partial charge in [0.25, 0.3) is 0 Å². The van der Waals surface area contributed by atoms with Crippen molar-refractivity contribution in [2.45, 2.75) is 76.4 Å². The van der Waals surface area contributed by atoms with Crippen molar-refractivity contribution in [2.24, 2.45) is 0 Å². The molecule has 21 heavy (non-hydrogen) atoms. The van der Waals surface area contributed by atoms with Crippen LogP contribution in [0.1, 0.15) is 64.2 Å². The zero-order chi connectivity index (χ0) is 15.8. The zero-order valence-electron chi connectivity index (χ0n) is 13.0. The molecule has 0 fully saturated rings. The maximum absolute atomic E-state index is 12.4. The summed E-state index contributed by atoms with van der Waals surface area (Å²) < 4.78 is 30.9. The van der Waals surface area contributed by atoms with Gasteiger partial charge in [-0.2, -0.15) is 0 Å². The number of rotatable bonds is 16. The van der Waals surface area contributed by atoms with Gasteiger partial charge in [-0.15, -0.1) is 23.2 Å². The maximum atomic E-state index is 12.4. The Kier molecular flexibility index (Phi) is 17.1. The molecule has 0 bridgehead atoms. The molecule has 5 heteroatoms. The van der Waals surface area contributed by atoms with Gasteiger partial charge in [0.15, 0.2) is 0 Å². The average molecular weight is 347 g/mol. The summed E-state index contributed by atoms with van der Waals surface area (Å²) in [6.45, 7) is -0.618. The summed E-state index contributed by atoms with van der Waals surface area (Å²) >= 11 is 11.4. The summed E-state index contributed by atoms with van der Waals surface area (Å²) in [6.07, 6.45) is 8.41. The first-order valence-electron chi connectivity index (χ1n) is 8.17. The fourth-order valence-corrected chi connectivity index (χ4v) is 2.75. The lowest BCUT2D eigenvalue weighted by Crippen LogP contribution is -2.23. The van der Waals surface area contributed by atoms with Crippen molar-refractivity contribution in [1.82, 2.24) is 0 Å². The molecule has 0 aliphatic carbocycles. The lowest BCUT2D eigenvalue weighted by molar-refractivity contribution is -0.0327. The van der Waals surface area contributed by atoms with E-state index in [4.69, 9.17) is 27.9 Å². The number of hydrogen-bond acceptors (Lipinski definition) is 1. The van der Waals surface area contributed by atoms with Crippen LogP contribution < -0.4 is 0 Å². The molecule has 0 aromatic heterocycles. The Morgan fingerprint density at radius 3 is 1.33 bits per heavy atom. The van der Waals surface area contributed by atoms with E-state index in [0.717, 1.165) is 51.4 Å². The molecule has 0 spiro atoms. The first-order chi connectivity index (χ1) is 10.3. The van der Waals surface area contributed by atoms with Gasteiger partial charge in [-0.25, -0.2) is 0 Å². The minimum absolute atomic E-state index is 0.0737. The molecule has 2 atom stereocenters. The molecule has 0 N–H and O–H groups in total. The quantitative estimate of drug-likeness (QED) is 0.244. The van der Waals surface area contributed by atoms with Gasteiger partial charge in [-0.1, -0.05) is 0 Å². The Hall–Kier alpha value is 0.400. The first kappa shape index (κ1) is 21.4. The molecule has 1 nitrogen and oxygen atoms in total. The average Bonchev–Trinajstić information content (AvgIpc) is 2.50. The van der Waals surface area contributed by atoms with Crippen molar-refractivity contribution in [1.29, 1.82) is 0 Å². The third-order valence-corrected chi connectivity index (χ3v) is 4.06. The fraction of sp³-hybridized carbons (Fsp3) is 1.00. The minimum atomic E-state index is -0.309. The Morgan fingerprint density at radius 1 is 0.619 bits per heavy atom. The summed E-state index contributed by atoms with van der Waals surface area (Å²) in [5.41, 5.74) is 0. The van der Waals surface area contributed by atoms with Gasteiger partial charge in [0.05, 0.1) is 25.6 Å². The largest absolute Gasteiger partial charge is 0.375 e. The van der Waals surface area contributed by atoms with Crippen LogP contribution in [0, 0.1) is 0 Å². The summed E-state index contributed by atoms with van der Waals surface area (Å²) in [5.74, 6) is 1.30. The number of hydrogen-bond donors (Lipinski definition) is 0. The third kappa shape index (κ3) is 13.8. The lowest BCUT2D eigenvalue weighted by Gasteiger charge is -2.25. The monoisotopic (exact) mass is 346 g/mol. The molecule has 0 amide bonds. The van der Waals surface area contributed by atoms with E-state index >= 15 is 0 Å². The molecule has 0 rings (SSSR count). The highest BCUT2D eigenvalue weighted by Crippen LogP contribution is 2.20. The number of ether oxygens (including phenoxy) is 1. The molecule has 0 aromatic carbocycles. The van der Waals surface area contributed by atoms with Crippen LogP contribution in [0.2, 0.25) is 0 Å². The Labute approximate surface area is 138 Å². The van der Waals surface area contributed by atoms with Crippen LogP contribution in [-0.2, 0) is 4.74 Å². The minimum Gasteiger partial charge on any atom is -0.375 e. The normalized spacial score (nSPS) is 14.3. The van der Waals surface area contributed by atoms with Crippen LogP contribution in [0.3, 0.4) is 0 Å². The fourth-order valence-electron chi connectivity index (χ4n) is 2.38. The summed E-state index contributed by atoms with van der Waals surface area (Å²) in [4.78, 5) is 0. The summed E-state index contributed by atoms with van der Waals surface area (Å²) in [7, 11) is 0. The van der Waals surface area contributed by atoms with E-state index in [1.807, 2.05) is 0 Å². The second kappa shape index (κ2) is 16.8. The predicted octanol–water partition coefficient (Wildman–Crippen LogP) is 6.06. The predicted molar refractivity (Wildman–Crippen MR) is 88.2 cm³/mol. The van der Waals surface area contributed by atoms with Crippen molar-refractivity contribution >= 4 is 23.2 Å². The van der Waals surface area contributed by atoms with Gasteiger partial charge in [0.2, 0.25) is 0 Å². The van der Waals surface area contributed by atoms with E-state index in [2.05, 4.69) is 0 Å². The van der Waals surface area contributed by atoms with Crippen LogP contribution in [-0.4, -0.2) is 37.3 Å². The molecule has 0 aromatic rings. The molecule has 0 aliphatic heterocycles. The SMILES string of the molecule is FCCCC(CCCCCl)OC(CCCF)CCCCCl. The van der Waals surface area contributed by atoms with Crippen molar-refractivity contribution in [2.75, 3.05) is 25.1 Å². The van der Waals surface area contributed by atoms with Crippen LogP contribution >= 0.6 is 23.2 Å². The smallest absolute Gasteiger partial charge is 0.0895 e. The number of unbranched alkanes of at least 4 members (excludes halogenated alkanes) is 2. The van der Waals surface area contributed by atoms with Gasteiger partial charge >= 0.3 is 0 Å². The molecule has 128 valence electrons. The Balaban J connectivity index is 4.22. The molecule has 0 saturated carbocycles. The van der Waals surface area contributed by atoms with Crippen LogP contribution in [0.25, 0.3) is 0 Å². The Morgan fingerprint density at radius 2 is 1.00 bits per heavy atom. The van der Waals surface area contributed by atoms with E-state index in [1.165, 1.54) is 0 Å². The first-order valence-corrected chi connectivity index (χ1v) is 9.24. The van der Waals surface area contributed by atoms with E-state index in [0.29, 0.717) is 24.6 Å². The Bertz CT molecular complexity index is 189. The van der Waals surface area contributed by atoms with Gasteiger partial charge in [0, 0.05) is 11.8 Å². The molecular weight excluding hydrogens is 317 g/mol. The summed E-state index contributed by atoms with van der Waals surface area (Å²) in [5, 5.41) is 0. The molecule has 0 aliphatic rings. The molecule has 0 saturated heterocycles. The lowest BCUT2D eigenvalue weighted by atomic mass is 10.0. The van der Waals surface area contributed by atoms with Crippen molar-refractivity contribution in [3.63, 3.8) is 0 Å². The zero-order valence-corrected chi connectivity index (χ0v) is 14.5. The van der Waals surface area contributed by atoms with Crippen molar-refractivity contribution in [3.8, 4) is 0 Å². The van der Waals surface area contributed by atoms with Gasteiger partial charge in [-0.3, -0.25) is 8.78 Å². The molecular formula is C16H30Cl2F2O. The van der Waals surface area contributed by atoms with Crippen LogP contribution in [0.4, 0.5) is 8.78 Å². The van der Waals surface area contributed by atoms with E-state index in [1.54, 1.807) is 0 Å². The van der Waals surface area contributed by atoms with E-state index < -0.39 is 0 Å². The summed E-state index contributed by atoms with van der Waals surface area (Å²) in [6, 6.07) is 0. The number of alkyl halides is 4. The highest BCUT2D eigenvalue weighted by molar-refractivity contribution is 6.18. The van der Waals surface area contributed by atoms with Gasteiger partial charge in [-0.05, 0) is 64.2 Å². The van der Waals surface area contributed by atoms with E-state index in [-0.39, 0.29) is 25.6 Å². The molecule has 0 radical (unpaired) electrons. The van der Waals surface area contributed by atoms with Crippen LogP contribution in [0.15, 0.2) is 0 Å². The van der Waals surface area contributed by atoms with Crippen molar-refractivity contribution < 1.29 is 13.5 Å². The second-order valence-corrected chi connectivity index (χ2v) is 6.17. The second-order valence-electron chi connectivity index (χ2n) is 5.41. The van der Waals surface area contributed by atoms with E-state index in [9.17, 15) is 8.78 Å². The highest BCUT2D eigenvalue weighted by atomic mass is 35.5. The van der Waals surface area contributed by atoms with Crippen molar-refractivity contribution in [3.05, 3.63) is 0 Å².